The Balaban J connectivity index is 2.55. The molecule has 1 atom stereocenters. The second kappa shape index (κ2) is 6.81. The van der Waals surface area contributed by atoms with E-state index in [0.717, 1.165) is 24.4 Å². The first kappa shape index (κ1) is 15.6. The van der Waals surface area contributed by atoms with Crippen molar-refractivity contribution in [2.24, 2.45) is 0 Å². The highest BCUT2D eigenvalue weighted by atomic mass is 15.1. The smallest absolute Gasteiger partial charge is 0.0679 e. The average Bonchev–Trinajstić information content (AvgIpc) is 2.43. The van der Waals surface area contributed by atoms with Crippen LogP contribution in [-0.2, 0) is 6.42 Å². The molecule has 0 fully saturated rings. The zero-order valence-corrected chi connectivity index (χ0v) is 13.7. The van der Waals surface area contributed by atoms with Gasteiger partial charge in [-0.2, -0.15) is 10.2 Å². The third kappa shape index (κ3) is 3.67. The molecule has 1 N–H and O–H groups in total. The van der Waals surface area contributed by atoms with Crippen molar-refractivity contribution in [3.63, 3.8) is 0 Å². The molecule has 1 unspecified atom stereocenters. The summed E-state index contributed by atoms with van der Waals surface area (Å²) in [6.45, 7) is 11.5. The normalized spacial score (nSPS) is 12.4. The molecule has 0 aliphatic heterocycles. The molecule has 0 bridgehead atoms. The maximum absolute atomic E-state index is 4.38. The van der Waals surface area contributed by atoms with E-state index in [0.29, 0.717) is 0 Å². The van der Waals surface area contributed by atoms with Crippen molar-refractivity contribution in [2.45, 2.75) is 47.1 Å². The third-order valence-electron chi connectivity index (χ3n) is 3.66. The van der Waals surface area contributed by atoms with Crippen LogP contribution in [0.5, 0.6) is 0 Å². The summed E-state index contributed by atoms with van der Waals surface area (Å²) in [6, 6.07) is 9.07. The number of benzene rings is 1. The quantitative estimate of drug-likeness (QED) is 0.910. The third-order valence-corrected chi connectivity index (χ3v) is 3.66. The van der Waals surface area contributed by atoms with E-state index in [1.54, 1.807) is 0 Å². The Bertz CT molecular complexity index is 600. The van der Waals surface area contributed by atoms with Gasteiger partial charge in [-0.3, -0.25) is 0 Å². The Morgan fingerprint density at radius 3 is 2.19 bits per heavy atom. The van der Waals surface area contributed by atoms with Crippen molar-refractivity contribution in [1.29, 1.82) is 0 Å². The largest absolute Gasteiger partial charge is 0.306 e. The molecule has 3 heteroatoms. The van der Waals surface area contributed by atoms with E-state index < -0.39 is 0 Å². The van der Waals surface area contributed by atoms with Crippen molar-refractivity contribution in [3.8, 4) is 0 Å². The second-order valence-electron chi connectivity index (χ2n) is 5.65. The predicted molar refractivity (Wildman–Crippen MR) is 87.6 cm³/mol. The van der Waals surface area contributed by atoms with Crippen LogP contribution < -0.4 is 5.32 Å². The fourth-order valence-corrected chi connectivity index (χ4v) is 2.85. The van der Waals surface area contributed by atoms with Crippen LogP contribution in [-0.4, -0.2) is 16.7 Å². The van der Waals surface area contributed by atoms with Crippen LogP contribution in [0.15, 0.2) is 24.3 Å². The van der Waals surface area contributed by atoms with Crippen LogP contribution >= 0.6 is 0 Å². The minimum absolute atomic E-state index is 0.178. The monoisotopic (exact) mass is 283 g/mol. The van der Waals surface area contributed by atoms with Gasteiger partial charge in [0.15, 0.2) is 0 Å². The molecule has 112 valence electrons. The van der Waals surface area contributed by atoms with Crippen LogP contribution in [0.2, 0.25) is 0 Å². The van der Waals surface area contributed by atoms with Gasteiger partial charge in [0.05, 0.1) is 17.4 Å². The number of nitrogens with zero attached hydrogens (tertiary/aromatic N) is 2. The Morgan fingerprint density at radius 2 is 1.62 bits per heavy atom. The Kier molecular flexibility index (Phi) is 5.07. The molecule has 0 aliphatic rings. The van der Waals surface area contributed by atoms with Crippen LogP contribution in [0.1, 0.15) is 53.5 Å². The maximum Gasteiger partial charge on any atom is 0.0679 e. The molecule has 0 saturated carbocycles. The Morgan fingerprint density at radius 1 is 0.952 bits per heavy atom. The summed E-state index contributed by atoms with van der Waals surface area (Å²) < 4.78 is 0. The lowest BCUT2D eigenvalue weighted by atomic mass is 9.94. The number of aromatic nitrogens is 2. The van der Waals surface area contributed by atoms with E-state index in [-0.39, 0.29) is 6.04 Å². The van der Waals surface area contributed by atoms with Gasteiger partial charge in [-0.25, -0.2) is 0 Å². The lowest BCUT2D eigenvalue weighted by molar-refractivity contribution is 0.616. The number of aryl methyl sites for hydroxylation is 4. The van der Waals surface area contributed by atoms with Crippen LogP contribution in [0.3, 0.4) is 0 Å². The summed E-state index contributed by atoms with van der Waals surface area (Å²) in [7, 11) is 0. The molecule has 0 radical (unpaired) electrons. The van der Waals surface area contributed by atoms with Gasteiger partial charge in [-0.15, -0.1) is 0 Å². The Labute approximate surface area is 127 Å². The molecule has 3 nitrogen and oxygen atoms in total. The van der Waals surface area contributed by atoms with Crippen LogP contribution in [0.4, 0.5) is 0 Å². The van der Waals surface area contributed by atoms with Crippen molar-refractivity contribution < 1.29 is 0 Å². The molecular weight excluding hydrogens is 258 g/mol. The first-order valence-electron chi connectivity index (χ1n) is 7.69. The first-order chi connectivity index (χ1) is 10.0. The summed E-state index contributed by atoms with van der Waals surface area (Å²) in [5.74, 6) is 0. The molecule has 2 rings (SSSR count). The van der Waals surface area contributed by atoms with E-state index in [4.69, 9.17) is 0 Å². The van der Waals surface area contributed by atoms with E-state index >= 15 is 0 Å². The minimum Gasteiger partial charge on any atom is -0.306 e. The number of hydrogen-bond donors (Lipinski definition) is 1. The maximum atomic E-state index is 4.38. The van der Waals surface area contributed by atoms with Gasteiger partial charge in [-0.1, -0.05) is 43.2 Å². The molecule has 1 aromatic carbocycles. The molecule has 1 aromatic heterocycles. The predicted octanol–water partition coefficient (Wildman–Crippen LogP) is 3.66. The summed E-state index contributed by atoms with van der Waals surface area (Å²) in [4.78, 5) is 0. The summed E-state index contributed by atoms with van der Waals surface area (Å²) in [6.07, 6.45) is 0.898. The lowest BCUT2D eigenvalue weighted by Gasteiger charge is -2.22. The molecule has 0 saturated heterocycles. The second-order valence-corrected chi connectivity index (χ2v) is 5.65. The van der Waals surface area contributed by atoms with Gasteiger partial charge in [0.25, 0.3) is 0 Å². The van der Waals surface area contributed by atoms with Crippen LogP contribution in [0, 0.1) is 20.8 Å². The summed E-state index contributed by atoms with van der Waals surface area (Å²) in [5.41, 5.74) is 7.18. The van der Waals surface area contributed by atoms with Crippen molar-refractivity contribution in [1.82, 2.24) is 15.5 Å². The Hall–Kier alpha value is -1.74. The van der Waals surface area contributed by atoms with Gasteiger partial charge in [0.2, 0.25) is 0 Å². The van der Waals surface area contributed by atoms with E-state index in [2.05, 4.69) is 67.5 Å². The number of hydrogen-bond acceptors (Lipinski definition) is 3. The van der Waals surface area contributed by atoms with Gasteiger partial charge in [0, 0.05) is 0 Å². The summed E-state index contributed by atoms with van der Waals surface area (Å²) in [5, 5.41) is 12.2. The number of nitrogens with one attached hydrogen (secondary N) is 1. The topological polar surface area (TPSA) is 37.8 Å². The SMILES string of the molecule is CCNC(c1cc(C)cc(C)c1)c1cc(C)nnc1CC. The van der Waals surface area contributed by atoms with Gasteiger partial charge >= 0.3 is 0 Å². The van der Waals surface area contributed by atoms with E-state index in [1.807, 2.05) is 6.92 Å². The van der Waals surface area contributed by atoms with Gasteiger partial charge in [-0.05, 0) is 50.9 Å². The van der Waals surface area contributed by atoms with E-state index in [9.17, 15) is 0 Å². The standard InChI is InChI=1S/C18H25N3/c1-6-17-16(11-14(5)20-21-17)18(19-7-2)15-9-12(3)8-13(4)10-15/h8-11,18-19H,6-7H2,1-5H3. The van der Waals surface area contributed by atoms with Crippen molar-refractivity contribution in [3.05, 3.63) is 57.9 Å². The molecule has 2 aromatic rings. The zero-order valence-electron chi connectivity index (χ0n) is 13.7. The summed E-state index contributed by atoms with van der Waals surface area (Å²) >= 11 is 0. The first-order valence-corrected chi connectivity index (χ1v) is 7.69. The highest BCUT2D eigenvalue weighted by molar-refractivity contribution is 5.38. The fraction of sp³-hybridized carbons (Fsp3) is 0.444. The highest BCUT2D eigenvalue weighted by Crippen LogP contribution is 2.26. The van der Waals surface area contributed by atoms with Crippen molar-refractivity contribution in [2.75, 3.05) is 6.54 Å². The highest BCUT2D eigenvalue weighted by Gasteiger charge is 2.18. The number of rotatable bonds is 5. The van der Waals surface area contributed by atoms with Gasteiger partial charge in [0.1, 0.15) is 0 Å². The molecular formula is C18H25N3. The van der Waals surface area contributed by atoms with Crippen LogP contribution in [0.25, 0.3) is 0 Å². The lowest BCUT2D eigenvalue weighted by Crippen LogP contribution is -2.24. The molecule has 0 amide bonds. The molecule has 1 heterocycles. The average molecular weight is 283 g/mol. The zero-order chi connectivity index (χ0) is 15.4. The van der Waals surface area contributed by atoms with Gasteiger partial charge < -0.3 is 5.32 Å². The molecule has 0 aliphatic carbocycles. The van der Waals surface area contributed by atoms with Crippen molar-refractivity contribution >= 4 is 0 Å². The fourth-order valence-electron chi connectivity index (χ4n) is 2.85. The minimum atomic E-state index is 0.178. The molecule has 0 spiro atoms. The van der Waals surface area contributed by atoms with E-state index in [1.165, 1.54) is 22.3 Å². The molecule has 21 heavy (non-hydrogen) atoms.